The second-order valence-electron chi connectivity index (χ2n) is 7.50. The molecule has 4 N–H and O–H groups in total. The molecule has 1 saturated heterocycles. The fraction of sp³-hybridized carbons (Fsp3) is 0.455. The lowest BCUT2D eigenvalue weighted by Gasteiger charge is -2.37. The maximum Gasteiger partial charge on any atom is 0.217 e. The number of nitrogens with zero attached hydrogens (tertiary/aromatic N) is 1. The number of primary amides is 1. The largest absolute Gasteiger partial charge is 0.370 e. The molecule has 6 heteroatoms. The van der Waals surface area contributed by atoms with E-state index in [-0.39, 0.29) is 12.3 Å². The van der Waals surface area contributed by atoms with Crippen LogP contribution in [0.3, 0.4) is 0 Å². The van der Waals surface area contributed by atoms with Gasteiger partial charge >= 0.3 is 0 Å². The summed E-state index contributed by atoms with van der Waals surface area (Å²) in [6.07, 6.45) is 7.87. The fourth-order valence-corrected chi connectivity index (χ4v) is 4.43. The van der Waals surface area contributed by atoms with E-state index >= 15 is 0 Å². The van der Waals surface area contributed by atoms with E-state index in [1.54, 1.807) is 12.4 Å². The number of hydrogen-bond donors (Lipinski definition) is 3. The Labute approximate surface area is 172 Å². The predicted molar refractivity (Wildman–Crippen MR) is 113 cm³/mol. The van der Waals surface area contributed by atoms with Crippen molar-refractivity contribution < 1.29 is 4.79 Å². The van der Waals surface area contributed by atoms with Crippen molar-refractivity contribution in [2.24, 2.45) is 11.7 Å². The van der Waals surface area contributed by atoms with Crippen LogP contribution in [-0.4, -0.2) is 30.5 Å². The Kier molecular flexibility index (Phi) is 7.43. The molecule has 150 valence electrons. The van der Waals surface area contributed by atoms with Crippen molar-refractivity contribution in [2.45, 2.75) is 37.6 Å². The summed E-state index contributed by atoms with van der Waals surface area (Å²) in [5.41, 5.74) is 6.95. The molecule has 1 fully saturated rings. The van der Waals surface area contributed by atoms with E-state index in [0.717, 1.165) is 37.2 Å². The lowest BCUT2D eigenvalue weighted by molar-refractivity contribution is -0.118. The number of nitrogens with two attached hydrogens (primary N) is 1. The Morgan fingerprint density at radius 1 is 1.21 bits per heavy atom. The summed E-state index contributed by atoms with van der Waals surface area (Å²) >= 11 is 6.62. The van der Waals surface area contributed by atoms with Gasteiger partial charge in [-0.2, -0.15) is 0 Å². The van der Waals surface area contributed by atoms with E-state index in [2.05, 4.69) is 15.6 Å². The number of piperidine rings is 1. The first-order valence-electron chi connectivity index (χ1n) is 10.0. The fourth-order valence-electron chi connectivity index (χ4n) is 4.13. The first kappa shape index (κ1) is 20.8. The van der Waals surface area contributed by atoms with Crippen LogP contribution in [0.15, 0.2) is 48.8 Å². The van der Waals surface area contributed by atoms with Crippen molar-refractivity contribution in [2.75, 3.05) is 19.6 Å². The van der Waals surface area contributed by atoms with Crippen molar-refractivity contribution in [3.8, 4) is 0 Å². The average Bonchev–Trinajstić information content (AvgIpc) is 2.72. The monoisotopic (exact) mass is 400 g/mol. The summed E-state index contributed by atoms with van der Waals surface area (Å²) in [5, 5.41) is 7.86. The Morgan fingerprint density at radius 3 is 2.61 bits per heavy atom. The van der Waals surface area contributed by atoms with E-state index < -0.39 is 5.54 Å². The molecular weight excluding hydrogens is 372 g/mol. The van der Waals surface area contributed by atoms with Crippen LogP contribution in [0.1, 0.15) is 43.2 Å². The van der Waals surface area contributed by atoms with Crippen LogP contribution in [-0.2, 0) is 10.3 Å². The molecule has 0 radical (unpaired) electrons. The lowest BCUT2D eigenvalue weighted by atomic mass is 9.79. The SMILES string of the molecule is NC(=O)CCC(NCCC1CCNCC1)(c1ccncc1)c1ccccc1Cl. The van der Waals surface area contributed by atoms with Crippen molar-refractivity contribution in [3.63, 3.8) is 0 Å². The molecular formula is C22H29ClN4O. The van der Waals surface area contributed by atoms with Gasteiger partial charge in [-0.1, -0.05) is 29.8 Å². The Morgan fingerprint density at radius 2 is 1.93 bits per heavy atom. The lowest BCUT2D eigenvalue weighted by Crippen LogP contribution is -2.45. The van der Waals surface area contributed by atoms with Crippen LogP contribution in [0.4, 0.5) is 0 Å². The van der Waals surface area contributed by atoms with Gasteiger partial charge in [0.05, 0.1) is 5.54 Å². The average molecular weight is 401 g/mol. The summed E-state index contributed by atoms with van der Waals surface area (Å²) in [4.78, 5) is 15.8. The zero-order valence-corrected chi connectivity index (χ0v) is 16.9. The van der Waals surface area contributed by atoms with Gasteiger partial charge in [0.25, 0.3) is 0 Å². The highest BCUT2D eigenvalue weighted by Gasteiger charge is 2.35. The second kappa shape index (κ2) is 10.0. The van der Waals surface area contributed by atoms with Crippen LogP contribution < -0.4 is 16.4 Å². The van der Waals surface area contributed by atoms with Gasteiger partial charge in [-0.15, -0.1) is 0 Å². The highest BCUT2D eigenvalue weighted by Crippen LogP contribution is 2.38. The number of carbonyl (C=O) groups excluding carboxylic acids is 1. The van der Waals surface area contributed by atoms with Gasteiger partial charge in [0.2, 0.25) is 5.91 Å². The molecule has 1 unspecified atom stereocenters. The molecule has 2 aromatic rings. The Hall–Kier alpha value is -1.95. The molecule has 1 aliphatic heterocycles. The molecule has 1 aromatic carbocycles. The van der Waals surface area contributed by atoms with Crippen LogP contribution in [0.2, 0.25) is 5.02 Å². The van der Waals surface area contributed by atoms with E-state index in [1.807, 2.05) is 36.4 Å². The molecule has 0 bridgehead atoms. The summed E-state index contributed by atoms with van der Waals surface area (Å²) in [6, 6.07) is 11.8. The first-order chi connectivity index (χ1) is 13.6. The number of nitrogens with one attached hydrogen (secondary N) is 2. The molecule has 0 spiro atoms. The minimum atomic E-state index is -0.580. The van der Waals surface area contributed by atoms with Crippen LogP contribution in [0.25, 0.3) is 0 Å². The first-order valence-corrected chi connectivity index (χ1v) is 10.4. The zero-order valence-electron chi connectivity index (χ0n) is 16.2. The third-order valence-electron chi connectivity index (χ3n) is 5.69. The summed E-state index contributed by atoms with van der Waals surface area (Å²) in [5.74, 6) is 0.400. The number of aromatic nitrogens is 1. The van der Waals surface area contributed by atoms with Crippen molar-refractivity contribution in [1.29, 1.82) is 0 Å². The minimum absolute atomic E-state index is 0.272. The summed E-state index contributed by atoms with van der Waals surface area (Å²) in [6.45, 7) is 3.02. The van der Waals surface area contributed by atoms with Gasteiger partial charge in [-0.3, -0.25) is 9.78 Å². The van der Waals surface area contributed by atoms with Crippen molar-refractivity contribution >= 4 is 17.5 Å². The number of carbonyl (C=O) groups is 1. The normalized spacial score (nSPS) is 17.2. The molecule has 2 heterocycles. The van der Waals surface area contributed by atoms with Gasteiger partial charge in [-0.25, -0.2) is 0 Å². The standard InChI is InChI=1S/C22H29ClN4O/c23-20-4-2-1-3-19(20)22(11-5-21(24)28,18-9-14-26-15-10-18)27-16-8-17-6-12-25-13-7-17/h1-4,9-10,14-15,17,25,27H,5-8,11-13,16H2,(H2,24,28). The number of hydrogen-bond acceptors (Lipinski definition) is 4. The Balaban J connectivity index is 1.92. The third kappa shape index (κ3) is 5.10. The van der Waals surface area contributed by atoms with E-state index in [0.29, 0.717) is 17.4 Å². The molecule has 0 saturated carbocycles. The number of pyridine rings is 1. The molecule has 28 heavy (non-hydrogen) atoms. The molecule has 1 aromatic heterocycles. The maximum absolute atomic E-state index is 11.7. The molecule has 1 amide bonds. The number of rotatable bonds is 9. The number of amides is 1. The number of halogens is 1. The molecule has 0 aliphatic carbocycles. The summed E-state index contributed by atoms with van der Waals surface area (Å²) in [7, 11) is 0. The van der Waals surface area contributed by atoms with E-state index in [1.165, 1.54) is 12.8 Å². The summed E-state index contributed by atoms with van der Waals surface area (Å²) < 4.78 is 0. The van der Waals surface area contributed by atoms with Crippen LogP contribution in [0, 0.1) is 5.92 Å². The molecule has 1 atom stereocenters. The topological polar surface area (TPSA) is 80.0 Å². The molecule has 5 nitrogen and oxygen atoms in total. The van der Waals surface area contributed by atoms with E-state index in [9.17, 15) is 4.79 Å². The highest BCUT2D eigenvalue weighted by atomic mass is 35.5. The minimum Gasteiger partial charge on any atom is -0.370 e. The third-order valence-corrected chi connectivity index (χ3v) is 6.02. The number of benzene rings is 1. The molecule has 1 aliphatic rings. The second-order valence-corrected chi connectivity index (χ2v) is 7.90. The van der Waals surface area contributed by atoms with Gasteiger partial charge in [0.1, 0.15) is 0 Å². The predicted octanol–water partition coefficient (Wildman–Crippen LogP) is 3.22. The van der Waals surface area contributed by atoms with Crippen molar-refractivity contribution in [1.82, 2.24) is 15.6 Å². The van der Waals surface area contributed by atoms with Crippen LogP contribution in [0.5, 0.6) is 0 Å². The van der Waals surface area contributed by atoms with E-state index in [4.69, 9.17) is 17.3 Å². The van der Waals surface area contributed by atoms with Gasteiger partial charge in [0.15, 0.2) is 0 Å². The zero-order chi connectivity index (χ0) is 19.8. The molecule has 3 rings (SSSR count). The van der Waals surface area contributed by atoms with Gasteiger partial charge in [0, 0.05) is 23.8 Å². The quantitative estimate of drug-likeness (QED) is 0.603. The Bertz CT molecular complexity index is 764. The van der Waals surface area contributed by atoms with Crippen LogP contribution >= 0.6 is 11.6 Å². The highest BCUT2D eigenvalue weighted by molar-refractivity contribution is 6.31. The van der Waals surface area contributed by atoms with Gasteiger partial charge < -0.3 is 16.4 Å². The van der Waals surface area contributed by atoms with Gasteiger partial charge in [-0.05, 0) is 80.6 Å². The smallest absolute Gasteiger partial charge is 0.217 e. The maximum atomic E-state index is 11.7. The van der Waals surface area contributed by atoms with Crippen molar-refractivity contribution in [3.05, 3.63) is 64.9 Å².